The summed E-state index contributed by atoms with van der Waals surface area (Å²) in [6.07, 6.45) is 3.29. The third kappa shape index (κ3) is 4.02. The van der Waals surface area contributed by atoms with Gasteiger partial charge in [0.15, 0.2) is 0 Å². The number of amides is 1. The van der Waals surface area contributed by atoms with Crippen molar-refractivity contribution < 1.29 is 9.53 Å². The lowest BCUT2D eigenvalue weighted by Crippen LogP contribution is -2.38. The van der Waals surface area contributed by atoms with Crippen molar-refractivity contribution in [2.45, 2.75) is 25.5 Å². The average Bonchev–Trinajstić information content (AvgIpc) is 3.31. The number of hydrogen-bond acceptors (Lipinski definition) is 6. The second kappa shape index (κ2) is 8.23. The Hall–Kier alpha value is -3.65. The predicted octanol–water partition coefficient (Wildman–Crippen LogP) is 2.69. The Morgan fingerprint density at radius 1 is 1.06 bits per heavy atom. The van der Waals surface area contributed by atoms with Crippen LogP contribution in [-0.2, 0) is 11.3 Å². The van der Waals surface area contributed by atoms with Crippen LogP contribution >= 0.6 is 0 Å². The van der Waals surface area contributed by atoms with Crippen molar-refractivity contribution in [3.05, 3.63) is 76.6 Å². The van der Waals surface area contributed by atoms with Gasteiger partial charge in [-0.05, 0) is 37.1 Å². The van der Waals surface area contributed by atoms with Gasteiger partial charge in [0.05, 0.1) is 40.8 Å². The lowest BCUT2D eigenvalue weighted by atomic mass is 10.2. The lowest BCUT2D eigenvalue weighted by Gasteiger charge is -2.24. The van der Waals surface area contributed by atoms with E-state index in [1.54, 1.807) is 23.1 Å². The Kier molecular flexibility index (Phi) is 5.13. The van der Waals surface area contributed by atoms with E-state index in [-0.39, 0.29) is 29.8 Å². The molecule has 0 unspecified atom stereocenters. The fraction of sp³-hybridized carbons (Fsp3) is 0.261. The van der Waals surface area contributed by atoms with Crippen LogP contribution in [-0.4, -0.2) is 50.0 Å². The minimum atomic E-state index is -0.274. The van der Waals surface area contributed by atoms with E-state index in [1.165, 1.54) is 6.20 Å². The van der Waals surface area contributed by atoms with Crippen LogP contribution in [0.5, 0.6) is 0 Å². The number of nitrogens with one attached hydrogen (secondary N) is 1. The zero-order chi connectivity index (χ0) is 21.2. The van der Waals surface area contributed by atoms with E-state index in [0.717, 1.165) is 18.4 Å². The number of hydrogen-bond donors (Lipinski definition) is 1. The second-order valence-corrected chi connectivity index (χ2v) is 7.59. The first-order valence-electron chi connectivity index (χ1n) is 10.3. The summed E-state index contributed by atoms with van der Waals surface area (Å²) in [7, 11) is 0. The van der Waals surface area contributed by atoms with Crippen LogP contribution in [0.3, 0.4) is 0 Å². The standard InChI is InChI=1S/C23H21N5O3/c29-22-16-7-1-2-8-17(16)26-21(27-22)14-28(13-15-6-5-11-31-15)23(30)20-12-24-18-9-3-4-10-19(18)25-20/h1-4,7-10,12,15H,5-6,11,13-14H2,(H,26,27,29)/t15-/m1/s1. The molecule has 1 amide bonds. The molecule has 156 valence electrons. The quantitative estimate of drug-likeness (QED) is 0.538. The van der Waals surface area contributed by atoms with Crippen molar-refractivity contribution in [3.8, 4) is 0 Å². The third-order valence-corrected chi connectivity index (χ3v) is 5.41. The van der Waals surface area contributed by atoms with Crippen molar-refractivity contribution in [1.82, 2.24) is 24.8 Å². The van der Waals surface area contributed by atoms with Crippen LogP contribution in [0.1, 0.15) is 29.2 Å². The monoisotopic (exact) mass is 415 g/mol. The van der Waals surface area contributed by atoms with E-state index >= 15 is 0 Å². The minimum Gasteiger partial charge on any atom is -0.376 e. The van der Waals surface area contributed by atoms with Gasteiger partial charge in [-0.2, -0.15) is 0 Å². The molecule has 0 aliphatic carbocycles. The summed E-state index contributed by atoms with van der Waals surface area (Å²) in [6, 6.07) is 14.6. The molecule has 5 rings (SSSR count). The molecule has 1 fully saturated rings. The summed E-state index contributed by atoms with van der Waals surface area (Å²) in [4.78, 5) is 43.7. The first kappa shape index (κ1) is 19.3. The van der Waals surface area contributed by atoms with Crippen molar-refractivity contribution in [1.29, 1.82) is 0 Å². The van der Waals surface area contributed by atoms with Gasteiger partial charge < -0.3 is 14.6 Å². The van der Waals surface area contributed by atoms with Gasteiger partial charge >= 0.3 is 0 Å². The van der Waals surface area contributed by atoms with Crippen molar-refractivity contribution in [3.63, 3.8) is 0 Å². The third-order valence-electron chi connectivity index (χ3n) is 5.41. The summed E-state index contributed by atoms with van der Waals surface area (Å²) in [6.45, 7) is 1.23. The summed E-state index contributed by atoms with van der Waals surface area (Å²) in [5.41, 5.74) is 2.00. The van der Waals surface area contributed by atoms with Gasteiger partial charge in [-0.3, -0.25) is 14.6 Å². The molecular weight excluding hydrogens is 394 g/mol. The Labute approximate surface area is 177 Å². The molecular formula is C23H21N5O3. The number of aromatic nitrogens is 4. The maximum Gasteiger partial charge on any atom is 0.274 e. The van der Waals surface area contributed by atoms with Gasteiger partial charge in [-0.25, -0.2) is 9.97 Å². The molecule has 0 saturated carbocycles. The summed E-state index contributed by atoms with van der Waals surface area (Å²) in [5, 5.41) is 0.517. The van der Waals surface area contributed by atoms with Crippen LogP contribution in [0.2, 0.25) is 0 Å². The van der Waals surface area contributed by atoms with Gasteiger partial charge in [0, 0.05) is 13.2 Å². The lowest BCUT2D eigenvalue weighted by molar-refractivity contribution is 0.0497. The first-order chi connectivity index (χ1) is 15.2. The van der Waals surface area contributed by atoms with E-state index in [4.69, 9.17) is 4.74 Å². The highest BCUT2D eigenvalue weighted by Gasteiger charge is 2.25. The summed E-state index contributed by atoms with van der Waals surface area (Å²) < 4.78 is 5.75. The smallest absolute Gasteiger partial charge is 0.274 e. The summed E-state index contributed by atoms with van der Waals surface area (Å²) >= 11 is 0. The number of aromatic amines is 1. The zero-order valence-electron chi connectivity index (χ0n) is 16.8. The van der Waals surface area contributed by atoms with E-state index in [9.17, 15) is 9.59 Å². The van der Waals surface area contributed by atoms with Gasteiger partial charge in [0.25, 0.3) is 11.5 Å². The van der Waals surface area contributed by atoms with Crippen molar-refractivity contribution in [2.75, 3.05) is 13.2 Å². The summed E-state index contributed by atoms with van der Waals surface area (Å²) in [5.74, 6) is 0.147. The number of fused-ring (bicyclic) bond motifs is 2. The zero-order valence-corrected chi connectivity index (χ0v) is 16.8. The highest BCUT2D eigenvalue weighted by Crippen LogP contribution is 2.17. The highest BCUT2D eigenvalue weighted by molar-refractivity contribution is 5.93. The Morgan fingerprint density at radius 3 is 2.65 bits per heavy atom. The molecule has 0 spiro atoms. The molecule has 1 aliphatic rings. The van der Waals surface area contributed by atoms with Crippen LogP contribution < -0.4 is 5.56 Å². The molecule has 1 atom stereocenters. The largest absolute Gasteiger partial charge is 0.376 e. The van der Waals surface area contributed by atoms with Crippen molar-refractivity contribution >= 4 is 27.8 Å². The Balaban J connectivity index is 1.48. The first-order valence-corrected chi connectivity index (χ1v) is 10.3. The van der Waals surface area contributed by atoms with Crippen LogP contribution in [0.15, 0.2) is 59.5 Å². The van der Waals surface area contributed by atoms with Crippen LogP contribution in [0.4, 0.5) is 0 Å². The maximum absolute atomic E-state index is 13.4. The molecule has 31 heavy (non-hydrogen) atoms. The molecule has 1 N–H and O–H groups in total. The second-order valence-electron chi connectivity index (χ2n) is 7.59. The molecule has 0 radical (unpaired) electrons. The predicted molar refractivity (Wildman–Crippen MR) is 116 cm³/mol. The van der Waals surface area contributed by atoms with Gasteiger partial charge in [0.2, 0.25) is 0 Å². The highest BCUT2D eigenvalue weighted by atomic mass is 16.5. The fourth-order valence-corrected chi connectivity index (χ4v) is 3.87. The van der Waals surface area contributed by atoms with Crippen molar-refractivity contribution in [2.24, 2.45) is 0 Å². The van der Waals surface area contributed by atoms with E-state index in [1.807, 2.05) is 30.3 Å². The molecule has 4 aromatic rings. The molecule has 8 nitrogen and oxygen atoms in total. The molecule has 2 aromatic carbocycles. The Bertz CT molecular complexity index is 1310. The Morgan fingerprint density at radius 2 is 1.84 bits per heavy atom. The molecule has 2 aromatic heterocycles. The van der Waals surface area contributed by atoms with Crippen LogP contribution in [0, 0.1) is 0 Å². The average molecular weight is 415 g/mol. The molecule has 1 saturated heterocycles. The van der Waals surface area contributed by atoms with E-state index in [0.29, 0.717) is 35.4 Å². The molecule has 8 heteroatoms. The number of rotatable bonds is 5. The number of carbonyl (C=O) groups is 1. The number of H-pyrrole nitrogens is 1. The van der Waals surface area contributed by atoms with Crippen LogP contribution in [0.25, 0.3) is 21.9 Å². The number of benzene rings is 2. The van der Waals surface area contributed by atoms with E-state index in [2.05, 4.69) is 19.9 Å². The van der Waals surface area contributed by atoms with Gasteiger partial charge in [-0.1, -0.05) is 24.3 Å². The maximum atomic E-state index is 13.4. The number of para-hydroxylation sites is 3. The number of carbonyl (C=O) groups excluding carboxylic acids is 1. The number of ether oxygens (including phenoxy) is 1. The van der Waals surface area contributed by atoms with Gasteiger partial charge in [0.1, 0.15) is 11.5 Å². The topological polar surface area (TPSA) is 101 Å². The number of nitrogens with zero attached hydrogens (tertiary/aromatic N) is 4. The normalized spacial score (nSPS) is 16.1. The van der Waals surface area contributed by atoms with Gasteiger partial charge in [-0.15, -0.1) is 0 Å². The fourth-order valence-electron chi connectivity index (χ4n) is 3.87. The molecule has 1 aliphatic heterocycles. The minimum absolute atomic E-state index is 0.0513. The van der Waals surface area contributed by atoms with E-state index < -0.39 is 0 Å². The molecule has 0 bridgehead atoms. The molecule has 3 heterocycles. The SMILES string of the molecule is O=C(c1cnc2ccccc2n1)N(Cc1nc2ccccc2c(=O)[nH]1)C[C@H]1CCCO1.